The van der Waals surface area contributed by atoms with Gasteiger partial charge >= 0.3 is 5.97 Å². The van der Waals surface area contributed by atoms with Gasteiger partial charge in [-0.2, -0.15) is 0 Å². The fourth-order valence-corrected chi connectivity index (χ4v) is 3.51. The maximum Gasteiger partial charge on any atom is 0.329 e. The zero-order valence-electron chi connectivity index (χ0n) is 19.7. The lowest BCUT2D eigenvalue weighted by atomic mass is 10.1. The lowest BCUT2D eigenvalue weighted by molar-refractivity contribution is -0.368. The summed E-state index contributed by atoms with van der Waals surface area (Å²) in [4.78, 5) is 45.3. The van der Waals surface area contributed by atoms with Gasteiger partial charge in [-0.1, -0.05) is 60.7 Å². The Bertz CT molecular complexity index is 1090. The maximum absolute atomic E-state index is 13.0. The van der Waals surface area contributed by atoms with Crippen LogP contribution in [0, 0.1) is 0 Å². The second-order valence-electron chi connectivity index (χ2n) is 8.11. The molecule has 0 aliphatic heterocycles. The Hall–Kier alpha value is -3.98. The first-order valence-corrected chi connectivity index (χ1v) is 11.7. The summed E-state index contributed by atoms with van der Waals surface area (Å²) in [6.07, 6.45) is 4.30. The number of hydrogen-bond acceptors (Lipinski definition) is 5. The molecule has 9 heteroatoms. The summed E-state index contributed by atoms with van der Waals surface area (Å²) >= 11 is 0. The first-order valence-electron chi connectivity index (χ1n) is 11.7. The molecular weight excluding hydrogens is 446 g/mol. The molecule has 1 heterocycles. The molecule has 0 aliphatic rings. The highest BCUT2D eigenvalue weighted by atomic mass is 16.5. The second kappa shape index (κ2) is 13.7. The van der Waals surface area contributed by atoms with Crippen LogP contribution in [0.1, 0.15) is 51.4 Å². The van der Waals surface area contributed by atoms with Crippen molar-refractivity contribution in [3.8, 4) is 0 Å². The summed E-state index contributed by atoms with van der Waals surface area (Å²) in [5.74, 6) is -1.63. The van der Waals surface area contributed by atoms with E-state index in [1.807, 2.05) is 60.7 Å². The molecule has 9 nitrogen and oxygen atoms in total. The first-order chi connectivity index (χ1) is 17.1. The number of H-pyrrole nitrogens is 1. The molecular formula is C26H32N5O4+. The summed E-state index contributed by atoms with van der Waals surface area (Å²) in [6, 6.07) is 17.7. The largest absolute Gasteiger partial charge is 0.459 e. The van der Waals surface area contributed by atoms with Crippen LogP contribution < -0.4 is 16.4 Å². The van der Waals surface area contributed by atoms with Gasteiger partial charge in [-0.15, -0.1) is 0 Å². The number of quaternary nitrogens is 1. The number of carbonyl (C=O) groups is 3. The van der Waals surface area contributed by atoms with Crippen molar-refractivity contribution in [3.63, 3.8) is 0 Å². The zero-order chi connectivity index (χ0) is 24.9. The Morgan fingerprint density at radius 2 is 1.60 bits per heavy atom. The van der Waals surface area contributed by atoms with Gasteiger partial charge in [0.2, 0.25) is 0 Å². The number of ether oxygens (including phenoxy) is 1. The van der Waals surface area contributed by atoms with Crippen molar-refractivity contribution in [2.75, 3.05) is 13.1 Å². The summed E-state index contributed by atoms with van der Waals surface area (Å²) in [5.41, 5.74) is 5.48. The normalized spacial score (nSPS) is 11.5. The smallest absolute Gasteiger partial charge is 0.329 e. The number of carbonyl (C=O) groups excluding carboxylic acids is 3. The number of rotatable bonds is 13. The van der Waals surface area contributed by atoms with Crippen LogP contribution in [0.15, 0.2) is 67.0 Å². The standard InChI is InChI=1S/C26H31N5O4/c27-14-8-3-9-15-28-24(32)22-23(30-18-29-22)25(33)31-21(16-19-10-4-1-5-11-19)26(34)35-17-20-12-6-2-7-13-20/h1-2,4-7,10-13,18,21H,3,8-9,14-17,27H2,(H,28,32)(H,29,30)(H,31,33)/p+1/t21-/m0/s1. The van der Waals surface area contributed by atoms with Crippen LogP contribution >= 0.6 is 0 Å². The minimum atomic E-state index is -0.955. The highest BCUT2D eigenvalue weighted by Gasteiger charge is 2.27. The summed E-state index contributed by atoms with van der Waals surface area (Å²) < 4.78 is 5.48. The Morgan fingerprint density at radius 3 is 2.29 bits per heavy atom. The van der Waals surface area contributed by atoms with Gasteiger partial charge in [-0.05, 0) is 30.4 Å². The molecule has 0 saturated carbocycles. The molecule has 0 aliphatic carbocycles. The molecule has 1 atom stereocenters. The molecule has 0 radical (unpaired) electrons. The van der Waals surface area contributed by atoms with E-state index < -0.39 is 23.8 Å². The summed E-state index contributed by atoms with van der Waals surface area (Å²) in [5, 5.41) is 5.49. The third kappa shape index (κ3) is 8.08. The van der Waals surface area contributed by atoms with Crippen LogP contribution in [-0.4, -0.2) is 46.9 Å². The number of esters is 1. The number of benzene rings is 2. The molecule has 3 aromatic rings. The fourth-order valence-electron chi connectivity index (χ4n) is 3.51. The lowest BCUT2D eigenvalue weighted by Crippen LogP contribution is -2.50. The van der Waals surface area contributed by atoms with Crippen molar-refractivity contribution in [3.05, 3.63) is 89.5 Å². The van der Waals surface area contributed by atoms with Crippen molar-refractivity contribution in [2.24, 2.45) is 0 Å². The Kier molecular flexibility index (Phi) is 10.0. The van der Waals surface area contributed by atoms with E-state index in [9.17, 15) is 14.4 Å². The molecule has 0 fully saturated rings. The second-order valence-corrected chi connectivity index (χ2v) is 8.11. The van der Waals surface area contributed by atoms with Crippen molar-refractivity contribution in [1.82, 2.24) is 20.6 Å². The molecule has 0 spiro atoms. The molecule has 1 aromatic heterocycles. The number of amides is 2. The number of aromatic amines is 1. The Labute approximate surface area is 204 Å². The topological polar surface area (TPSA) is 141 Å². The minimum Gasteiger partial charge on any atom is -0.459 e. The van der Waals surface area contributed by atoms with Crippen molar-refractivity contribution in [2.45, 2.75) is 38.3 Å². The number of imidazole rings is 1. The van der Waals surface area contributed by atoms with Gasteiger partial charge in [0, 0.05) is 13.0 Å². The molecule has 6 N–H and O–H groups in total. The molecule has 2 aromatic carbocycles. The van der Waals surface area contributed by atoms with E-state index >= 15 is 0 Å². The zero-order valence-corrected chi connectivity index (χ0v) is 19.7. The van der Waals surface area contributed by atoms with E-state index in [4.69, 9.17) is 4.74 Å². The minimum absolute atomic E-state index is 0.0516. The van der Waals surface area contributed by atoms with Gasteiger partial charge < -0.3 is 26.1 Å². The molecule has 0 unspecified atom stereocenters. The van der Waals surface area contributed by atoms with Gasteiger partial charge in [0.25, 0.3) is 11.8 Å². The van der Waals surface area contributed by atoms with Gasteiger partial charge in [0.1, 0.15) is 18.3 Å². The van der Waals surface area contributed by atoms with Crippen LogP contribution in [-0.2, 0) is 22.6 Å². The molecule has 35 heavy (non-hydrogen) atoms. The van der Waals surface area contributed by atoms with Crippen LogP contribution in [0.2, 0.25) is 0 Å². The fraction of sp³-hybridized carbons (Fsp3) is 0.308. The third-order valence-electron chi connectivity index (χ3n) is 5.39. The summed E-state index contributed by atoms with van der Waals surface area (Å²) in [7, 11) is 0. The van der Waals surface area contributed by atoms with Crippen LogP contribution in [0.25, 0.3) is 0 Å². The average Bonchev–Trinajstić information content (AvgIpc) is 3.38. The van der Waals surface area contributed by atoms with E-state index in [2.05, 4.69) is 26.3 Å². The first kappa shape index (κ1) is 25.6. The molecule has 184 valence electrons. The molecule has 0 bridgehead atoms. The van der Waals surface area contributed by atoms with E-state index in [0.29, 0.717) is 6.54 Å². The average molecular weight is 479 g/mol. The van der Waals surface area contributed by atoms with Crippen LogP contribution in [0.4, 0.5) is 0 Å². The number of unbranched alkanes of at least 4 members (excludes halogenated alkanes) is 2. The Balaban J connectivity index is 1.66. The highest BCUT2D eigenvalue weighted by molar-refractivity contribution is 6.05. The number of aromatic nitrogens is 2. The SMILES string of the molecule is [NH3+]CCCCCNC(=O)c1[nH]cnc1C(=O)N[C@@H](Cc1ccccc1)C(=O)OCc1ccccc1. The van der Waals surface area contributed by atoms with E-state index in [1.165, 1.54) is 6.33 Å². The van der Waals surface area contributed by atoms with E-state index in [-0.39, 0.29) is 24.4 Å². The van der Waals surface area contributed by atoms with Crippen molar-refractivity contribution < 1.29 is 24.9 Å². The maximum atomic E-state index is 13.0. The van der Waals surface area contributed by atoms with Gasteiger partial charge in [0.15, 0.2) is 5.69 Å². The predicted molar refractivity (Wildman–Crippen MR) is 130 cm³/mol. The lowest BCUT2D eigenvalue weighted by Gasteiger charge is -2.18. The highest BCUT2D eigenvalue weighted by Crippen LogP contribution is 2.10. The number of nitrogens with one attached hydrogen (secondary N) is 3. The van der Waals surface area contributed by atoms with Crippen LogP contribution in [0.3, 0.4) is 0 Å². The monoisotopic (exact) mass is 478 g/mol. The number of hydrogen-bond donors (Lipinski definition) is 4. The van der Waals surface area contributed by atoms with Crippen molar-refractivity contribution >= 4 is 17.8 Å². The van der Waals surface area contributed by atoms with Gasteiger partial charge in [-0.25, -0.2) is 9.78 Å². The quantitative estimate of drug-likeness (QED) is 0.218. The number of nitrogens with zero attached hydrogens (tertiary/aromatic N) is 1. The van der Waals surface area contributed by atoms with Gasteiger partial charge in [-0.3, -0.25) is 9.59 Å². The van der Waals surface area contributed by atoms with E-state index in [0.717, 1.165) is 36.9 Å². The Morgan fingerprint density at radius 1 is 0.914 bits per heavy atom. The van der Waals surface area contributed by atoms with Gasteiger partial charge in [0.05, 0.1) is 12.9 Å². The van der Waals surface area contributed by atoms with Crippen molar-refractivity contribution in [1.29, 1.82) is 0 Å². The third-order valence-corrected chi connectivity index (χ3v) is 5.39. The summed E-state index contributed by atoms with van der Waals surface area (Å²) in [6.45, 7) is 1.43. The van der Waals surface area contributed by atoms with E-state index in [1.54, 1.807) is 0 Å². The van der Waals surface area contributed by atoms with Crippen LogP contribution in [0.5, 0.6) is 0 Å². The molecule has 2 amide bonds. The predicted octanol–water partition coefficient (Wildman–Crippen LogP) is 1.64. The molecule has 3 rings (SSSR count). The molecule has 0 saturated heterocycles.